The third-order valence-electron chi connectivity index (χ3n) is 5.00. The van der Waals surface area contributed by atoms with Crippen LogP contribution in [-0.2, 0) is 16.6 Å². The van der Waals surface area contributed by atoms with Gasteiger partial charge in [0.05, 0.1) is 32.1 Å². The molecule has 1 N–H and O–H groups in total. The summed E-state index contributed by atoms with van der Waals surface area (Å²) in [6.07, 6.45) is 1.12. The van der Waals surface area contributed by atoms with Gasteiger partial charge in [-0.15, -0.1) is 0 Å². The number of sulfonamides is 1. The van der Waals surface area contributed by atoms with E-state index < -0.39 is 10.0 Å². The second kappa shape index (κ2) is 11.3. The van der Waals surface area contributed by atoms with E-state index in [1.807, 2.05) is 31.2 Å². The number of rotatable bonds is 10. The molecule has 3 aromatic carbocycles. The highest BCUT2D eigenvalue weighted by molar-refractivity contribution is 7.92. The average molecular weight is 503 g/mol. The van der Waals surface area contributed by atoms with Gasteiger partial charge >= 0.3 is 0 Å². The summed E-state index contributed by atoms with van der Waals surface area (Å²) in [6.45, 7) is 2.74. The zero-order chi connectivity index (χ0) is 24.7. The van der Waals surface area contributed by atoms with Gasteiger partial charge in [-0.25, -0.2) is 8.42 Å². The summed E-state index contributed by atoms with van der Waals surface area (Å²) in [7, 11) is -2.17. The van der Waals surface area contributed by atoms with E-state index in [0.29, 0.717) is 40.7 Å². The van der Waals surface area contributed by atoms with Gasteiger partial charge in [0.25, 0.3) is 5.91 Å². The summed E-state index contributed by atoms with van der Waals surface area (Å²) < 4.78 is 37.2. The Morgan fingerprint density at radius 3 is 2.44 bits per heavy atom. The normalized spacial score (nSPS) is 11.1. The summed E-state index contributed by atoms with van der Waals surface area (Å²) in [5.41, 5.74) is 2.61. The van der Waals surface area contributed by atoms with Crippen molar-refractivity contribution in [3.63, 3.8) is 0 Å². The number of amides is 1. The number of hydrogen-bond acceptors (Lipinski definition) is 5. The molecule has 0 heterocycles. The Morgan fingerprint density at radius 2 is 1.79 bits per heavy atom. The molecule has 0 atom stereocenters. The summed E-state index contributed by atoms with van der Waals surface area (Å²) in [5.74, 6) is 0.903. The van der Waals surface area contributed by atoms with Crippen molar-refractivity contribution in [3.8, 4) is 11.5 Å². The van der Waals surface area contributed by atoms with Crippen LogP contribution in [0.2, 0.25) is 5.02 Å². The van der Waals surface area contributed by atoms with E-state index in [0.717, 1.165) is 17.6 Å². The fourth-order valence-electron chi connectivity index (χ4n) is 3.31. The lowest BCUT2D eigenvalue weighted by atomic mass is 10.1. The lowest BCUT2D eigenvalue weighted by molar-refractivity contribution is 0.0947. The number of carbonyl (C=O) groups is 1. The molecule has 0 saturated heterocycles. The van der Waals surface area contributed by atoms with Gasteiger partial charge in [0.15, 0.2) is 0 Å². The maximum Gasteiger partial charge on any atom is 0.251 e. The Morgan fingerprint density at radius 1 is 1.06 bits per heavy atom. The largest absolute Gasteiger partial charge is 0.495 e. The van der Waals surface area contributed by atoms with E-state index in [1.54, 1.807) is 42.5 Å². The Labute approximate surface area is 205 Å². The number of hydrogen-bond donors (Lipinski definition) is 1. The van der Waals surface area contributed by atoms with E-state index in [9.17, 15) is 13.2 Å². The van der Waals surface area contributed by atoms with Gasteiger partial charge in [0, 0.05) is 10.6 Å². The summed E-state index contributed by atoms with van der Waals surface area (Å²) in [6, 6.07) is 19.2. The van der Waals surface area contributed by atoms with Gasteiger partial charge in [-0.1, -0.05) is 35.9 Å². The van der Waals surface area contributed by atoms with Crippen molar-refractivity contribution in [2.45, 2.75) is 13.5 Å². The molecule has 0 fully saturated rings. The zero-order valence-electron chi connectivity index (χ0n) is 19.2. The molecule has 0 aromatic heterocycles. The van der Waals surface area contributed by atoms with Crippen LogP contribution in [0.1, 0.15) is 21.5 Å². The fourth-order valence-corrected chi connectivity index (χ4v) is 4.36. The van der Waals surface area contributed by atoms with Crippen LogP contribution in [0.25, 0.3) is 0 Å². The topological polar surface area (TPSA) is 84.9 Å². The fraction of sp³-hybridized carbons (Fsp3) is 0.240. The maximum absolute atomic E-state index is 12.5. The van der Waals surface area contributed by atoms with Crippen molar-refractivity contribution < 1.29 is 22.7 Å². The van der Waals surface area contributed by atoms with E-state index in [-0.39, 0.29) is 12.5 Å². The molecule has 3 rings (SSSR count). The van der Waals surface area contributed by atoms with Gasteiger partial charge in [-0.2, -0.15) is 0 Å². The van der Waals surface area contributed by atoms with E-state index in [1.165, 1.54) is 11.4 Å². The molecule has 0 spiro atoms. The summed E-state index contributed by atoms with van der Waals surface area (Å²) in [4.78, 5) is 12.4. The van der Waals surface area contributed by atoms with Crippen LogP contribution in [0.5, 0.6) is 11.5 Å². The first-order valence-electron chi connectivity index (χ1n) is 10.6. The average Bonchev–Trinajstić information content (AvgIpc) is 2.80. The van der Waals surface area contributed by atoms with Crippen LogP contribution in [0.4, 0.5) is 5.69 Å². The highest BCUT2D eigenvalue weighted by Gasteiger charge is 2.22. The number of nitrogens with zero attached hydrogens (tertiary/aromatic N) is 1. The van der Waals surface area contributed by atoms with Gasteiger partial charge < -0.3 is 14.8 Å². The van der Waals surface area contributed by atoms with Crippen LogP contribution in [0, 0.1) is 6.92 Å². The monoisotopic (exact) mass is 502 g/mol. The highest BCUT2D eigenvalue weighted by Crippen LogP contribution is 2.33. The number of ether oxygens (including phenoxy) is 2. The minimum absolute atomic E-state index is 0.0573. The smallest absolute Gasteiger partial charge is 0.251 e. The maximum atomic E-state index is 12.5. The number of methoxy groups -OCH3 is 1. The molecule has 1 amide bonds. The van der Waals surface area contributed by atoms with Crippen LogP contribution in [-0.4, -0.2) is 40.8 Å². The lowest BCUT2D eigenvalue weighted by Gasteiger charge is -2.24. The van der Waals surface area contributed by atoms with Crippen LogP contribution >= 0.6 is 11.6 Å². The van der Waals surface area contributed by atoms with E-state index >= 15 is 0 Å². The lowest BCUT2D eigenvalue weighted by Crippen LogP contribution is -2.30. The number of halogens is 1. The Kier molecular flexibility index (Phi) is 8.41. The number of anilines is 1. The molecule has 34 heavy (non-hydrogen) atoms. The molecule has 0 saturated carbocycles. The van der Waals surface area contributed by atoms with E-state index in [4.69, 9.17) is 21.1 Å². The van der Waals surface area contributed by atoms with Gasteiger partial charge in [-0.05, 0) is 60.5 Å². The van der Waals surface area contributed by atoms with Crippen LogP contribution in [0.15, 0.2) is 66.7 Å². The predicted octanol–water partition coefficient (Wildman–Crippen LogP) is 4.43. The quantitative estimate of drug-likeness (QED) is 0.414. The number of carbonyl (C=O) groups excluding carboxylic acids is 1. The molecule has 0 radical (unpaired) electrons. The Hall–Kier alpha value is -3.23. The van der Waals surface area contributed by atoms with Crippen molar-refractivity contribution in [3.05, 3.63) is 88.4 Å². The number of aryl methyl sites for hydroxylation is 1. The summed E-state index contributed by atoms with van der Waals surface area (Å²) in [5, 5.41) is 3.21. The highest BCUT2D eigenvalue weighted by atomic mass is 35.5. The predicted molar refractivity (Wildman–Crippen MR) is 134 cm³/mol. The van der Waals surface area contributed by atoms with Crippen molar-refractivity contribution in [2.24, 2.45) is 0 Å². The van der Waals surface area contributed by atoms with Crippen LogP contribution in [0.3, 0.4) is 0 Å². The number of benzene rings is 3. The molecular formula is C25H27ClN2O5S. The molecular weight excluding hydrogens is 476 g/mol. The minimum atomic E-state index is -3.63. The Bertz CT molecular complexity index is 1250. The minimum Gasteiger partial charge on any atom is -0.495 e. The molecule has 0 aliphatic rings. The molecule has 0 bridgehead atoms. The first-order valence-corrected chi connectivity index (χ1v) is 12.8. The van der Waals surface area contributed by atoms with Crippen molar-refractivity contribution in [1.82, 2.24) is 5.32 Å². The van der Waals surface area contributed by atoms with Crippen LogP contribution < -0.4 is 19.1 Å². The third-order valence-corrected chi connectivity index (χ3v) is 6.36. The van der Waals surface area contributed by atoms with Gasteiger partial charge in [0.2, 0.25) is 10.0 Å². The second-order valence-corrected chi connectivity index (χ2v) is 10.0. The standard InChI is InChI=1S/C25H27ClN2O5S/c1-18-5-4-6-22(15-18)33-14-13-27-25(29)20-9-7-19(8-10-20)17-28(34(3,30)31)23-16-21(26)11-12-24(23)32-2/h4-12,15-16H,13-14,17H2,1-3H3,(H,27,29). The molecule has 0 aliphatic carbocycles. The van der Waals surface area contributed by atoms with Crippen molar-refractivity contribution >= 4 is 33.2 Å². The first-order chi connectivity index (χ1) is 16.2. The SMILES string of the molecule is COc1ccc(Cl)cc1N(Cc1ccc(C(=O)NCCOc2cccc(C)c2)cc1)S(C)(=O)=O. The van der Waals surface area contributed by atoms with Gasteiger partial charge in [-0.3, -0.25) is 9.10 Å². The summed E-state index contributed by atoms with van der Waals surface area (Å²) >= 11 is 6.09. The molecule has 0 aliphatic heterocycles. The molecule has 7 nitrogen and oxygen atoms in total. The van der Waals surface area contributed by atoms with E-state index in [2.05, 4.69) is 5.32 Å². The van der Waals surface area contributed by atoms with Gasteiger partial charge in [0.1, 0.15) is 18.1 Å². The molecule has 0 unspecified atom stereocenters. The molecule has 9 heteroatoms. The van der Waals surface area contributed by atoms with Crippen molar-refractivity contribution in [1.29, 1.82) is 0 Å². The first kappa shape index (κ1) is 25.4. The molecule has 180 valence electrons. The zero-order valence-corrected chi connectivity index (χ0v) is 20.8. The van der Waals surface area contributed by atoms with Crippen molar-refractivity contribution in [2.75, 3.05) is 30.8 Å². The Balaban J connectivity index is 1.63. The molecule has 3 aromatic rings. The number of nitrogens with one attached hydrogen (secondary N) is 1. The second-order valence-electron chi connectivity index (χ2n) is 7.70. The third kappa shape index (κ3) is 6.88.